The zero-order valence-electron chi connectivity index (χ0n) is 37.0. The molecule has 2 aromatic heterocycles. The minimum atomic E-state index is -0.367. The smallest absolute Gasteiger partial charge is 0.193 e. The third-order valence-corrected chi connectivity index (χ3v) is 14.7. The number of carbonyl (C=O) groups excluding carboxylic acids is 2. The van der Waals surface area contributed by atoms with Crippen LogP contribution < -0.4 is 0 Å². The van der Waals surface area contributed by atoms with Crippen LogP contribution in [0.1, 0.15) is 81.8 Å². The highest BCUT2D eigenvalue weighted by atomic mass is 16.3. The third-order valence-electron chi connectivity index (χ3n) is 14.7. The van der Waals surface area contributed by atoms with E-state index in [4.69, 9.17) is 8.83 Å². The summed E-state index contributed by atoms with van der Waals surface area (Å²) < 4.78 is 13.7. The van der Waals surface area contributed by atoms with Crippen LogP contribution in [0.2, 0.25) is 0 Å². The van der Waals surface area contributed by atoms with Crippen molar-refractivity contribution in [1.82, 2.24) is 0 Å². The number of ketones is 2. The van der Waals surface area contributed by atoms with Crippen molar-refractivity contribution in [2.24, 2.45) is 0 Å². The Labute approximate surface area is 381 Å². The van der Waals surface area contributed by atoms with Crippen molar-refractivity contribution in [2.45, 2.75) is 38.5 Å². The first-order chi connectivity index (χ1) is 32.1. The molecule has 0 unspecified atom stereocenters. The quantitative estimate of drug-likeness (QED) is 0.156. The molecule has 2 heterocycles. The minimum Gasteiger partial charge on any atom is -0.455 e. The average molecular weight is 851 g/mol. The second-order valence-electron chi connectivity index (χ2n) is 19.0. The largest absolute Gasteiger partial charge is 0.455 e. The summed E-state index contributed by atoms with van der Waals surface area (Å²) in [4.78, 5) is 26.9. The molecule has 66 heavy (non-hydrogen) atoms. The number of hydrogen-bond acceptors (Lipinski definition) is 4. The van der Waals surface area contributed by atoms with Crippen molar-refractivity contribution in [3.63, 3.8) is 0 Å². The van der Waals surface area contributed by atoms with Crippen molar-refractivity contribution >= 4 is 55.4 Å². The molecule has 0 saturated carbocycles. The molecule has 0 saturated heterocycles. The van der Waals surface area contributed by atoms with Crippen molar-refractivity contribution in [3.05, 3.63) is 226 Å². The lowest BCUT2D eigenvalue weighted by Gasteiger charge is -2.24. The number of carbonyl (C=O) groups is 2. The van der Waals surface area contributed by atoms with Crippen LogP contribution in [0.15, 0.2) is 191 Å². The van der Waals surface area contributed by atoms with Crippen LogP contribution in [0.25, 0.3) is 88.4 Å². The van der Waals surface area contributed by atoms with Crippen molar-refractivity contribution in [2.75, 3.05) is 0 Å². The fourth-order valence-corrected chi connectivity index (χ4v) is 11.2. The van der Waals surface area contributed by atoms with Gasteiger partial charge in [-0.1, -0.05) is 173 Å². The number of fused-ring (bicyclic) bond motifs is 14. The van der Waals surface area contributed by atoms with E-state index < -0.39 is 0 Å². The van der Waals surface area contributed by atoms with E-state index in [1.165, 1.54) is 44.5 Å². The number of hydrogen-bond donors (Lipinski definition) is 0. The van der Waals surface area contributed by atoms with Crippen LogP contribution in [0.3, 0.4) is 0 Å². The molecule has 0 bridgehead atoms. The highest BCUT2D eigenvalue weighted by Crippen LogP contribution is 2.61. The molecule has 314 valence electrons. The molecule has 0 N–H and O–H groups in total. The van der Waals surface area contributed by atoms with Crippen LogP contribution in [0.5, 0.6) is 0 Å². The van der Waals surface area contributed by atoms with Gasteiger partial charge in [0.05, 0.1) is 0 Å². The predicted molar refractivity (Wildman–Crippen MR) is 267 cm³/mol. The van der Waals surface area contributed by atoms with Crippen molar-refractivity contribution in [1.29, 1.82) is 0 Å². The molecule has 4 heteroatoms. The number of benzene rings is 9. The molecule has 2 aliphatic rings. The van der Waals surface area contributed by atoms with Gasteiger partial charge in [0.15, 0.2) is 11.6 Å². The summed E-state index contributed by atoms with van der Waals surface area (Å²) in [7, 11) is 0. The van der Waals surface area contributed by atoms with Crippen LogP contribution in [0, 0.1) is 0 Å². The molecular formula is C62H42O4. The van der Waals surface area contributed by atoms with Gasteiger partial charge in [-0.15, -0.1) is 0 Å². The Morgan fingerprint density at radius 1 is 0.364 bits per heavy atom. The number of rotatable bonds is 6. The van der Waals surface area contributed by atoms with E-state index in [-0.39, 0.29) is 22.4 Å². The van der Waals surface area contributed by atoms with Gasteiger partial charge in [0.2, 0.25) is 0 Å². The molecule has 0 aliphatic heterocycles. The summed E-state index contributed by atoms with van der Waals surface area (Å²) >= 11 is 0. The predicted octanol–water partition coefficient (Wildman–Crippen LogP) is 15.9. The minimum absolute atomic E-state index is 0.00177. The monoisotopic (exact) mass is 850 g/mol. The normalized spacial score (nSPS) is 14.1. The third kappa shape index (κ3) is 5.33. The SMILES string of the molecule is CC1(C)c2cc3c(cc2-c2c1cc(-c1ccc(C(=O)c4ccccc4)cc1)c1oc4ccccc4c21)C(C)(C)c1cc(-c2ccc(C(=O)c4ccccc4)cc2)c2oc4ccccc4c2c1-3. The molecule has 0 amide bonds. The maximum atomic E-state index is 13.4. The zero-order valence-corrected chi connectivity index (χ0v) is 37.0. The second kappa shape index (κ2) is 13.7. The van der Waals surface area contributed by atoms with Gasteiger partial charge in [-0.2, -0.15) is 0 Å². The molecule has 11 aromatic rings. The van der Waals surface area contributed by atoms with Gasteiger partial charge in [-0.05, 0) is 92.0 Å². The molecule has 9 aromatic carbocycles. The fourth-order valence-electron chi connectivity index (χ4n) is 11.2. The molecule has 13 rings (SSSR count). The topological polar surface area (TPSA) is 60.4 Å². The van der Waals surface area contributed by atoms with Crippen molar-refractivity contribution < 1.29 is 18.4 Å². The molecule has 4 nitrogen and oxygen atoms in total. The van der Waals surface area contributed by atoms with Crippen LogP contribution in [0.4, 0.5) is 0 Å². The lowest BCUT2D eigenvalue weighted by atomic mass is 9.79. The standard InChI is InChI=1S/C62H42O4/c1-61(2)47-33-46-48(34-45(47)53-49(61)31-43(59-55(53)41-19-11-13-21-51(41)65-59)35-23-27-39(28-24-35)57(63)37-15-7-5-8-16-37)62(3,4)50-32-44(60-56(54(46)50)42-20-12-14-22-52(42)66-60)36-25-29-40(30-26-36)58(64)38-17-9-6-10-18-38/h5-34H,1-4H3. The summed E-state index contributed by atoms with van der Waals surface area (Å²) in [5.41, 5.74) is 19.2. The molecule has 0 spiro atoms. The first-order valence-corrected chi connectivity index (χ1v) is 22.7. The maximum Gasteiger partial charge on any atom is 0.193 e. The van der Waals surface area contributed by atoms with Gasteiger partial charge >= 0.3 is 0 Å². The highest BCUT2D eigenvalue weighted by Gasteiger charge is 2.44. The van der Waals surface area contributed by atoms with E-state index in [1.54, 1.807) is 0 Å². The summed E-state index contributed by atoms with van der Waals surface area (Å²) in [6.45, 7) is 9.40. The van der Waals surface area contributed by atoms with E-state index in [9.17, 15) is 9.59 Å². The van der Waals surface area contributed by atoms with E-state index >= 15 is 0 Å². The van der Waals surface area contributed by atoms with Gasteiger partial charge in [0.25, 0.3) is 0 Å². The lowest BCUT2D eigenvalue weighted by molar-refractivity contribution is 0.103. The summed E-state index contributed by atoms with van der Waals surface area (Å²) in [5.74, 6) is 0.00354. The number of furan rings is 2. The van der Waals surface area contributed by atoms with Gasteiger partial charge in [-0.3, -0.25) is 9.59 Å². The van der Waals surface area contributed by atoms with Crippen LogP contribution in [-0.2, 0) is 10.8 Å². The van der Waals surface area contributed by atoms with Crippen molar-refractivity contribution in [3.8, 4) is 44.5 Å². The fraction of sp³-hybridized carbons (Fsp3) is 0.0968. The van der Waals surface area contributed by atoms with Gasteiger partial charge in [0, 0.05) is 65.8 Å². The Kier molecular flexibility index (Phi) is 7.98. The second-order valence-corrected chi connectivity index (χ2v) is 19.0. The Bertz CT molecular complexity index is 3610. The Morgan fingerprint density at radius 3 is 1.09 bits per heavy atom. The Morgan fingerprint density at radius 2 is 0.697 bits per heavy atom. The summed E-state index contributed by atoms with van der Waals surface area (Å²) in [5, 5.41) is 4.39. The van der Waals surface area contributed by atoms with Crippen LogP contribution in [-0.4, -0.2) is 11.6 Å². The van der Waals surface area contributed by atoms with Gasteiger partial charge < -0.3 is 8.83 Å². The van der Waals surface area contributed by atoms with Gasteiger partial charge in [0.1, 0.15) is 22.3 Å². The van der Waals surface area contributed by atoms with Gasteiger partial charge in [-0.25, -0.2) is 0 Å². The molecule has 0 atom stereocenters. The maximum absolute atomic E-state index is 13.4. The molecular weight excluding hydrogens is 809 g/mol. The molecule has 0 fully saturated rings. The Balaban J connectivity index is 0.997. The number of para-hydroxylation sites is 2. The van der Waals surface area contributed by atoms with E-state index in [0.717, 1.165) is 66.1 Å². The average Bonchev–Trinajstić information content (AvgIpc) is 4.06. The Hall–Kier alpha value is -8.08. The first kappa shape index (κ1) is 38.4. The zero-order chi connectivity index (χ0) is 44.6. The van der Waals surface area contributed by atoms with Crippen LogP contribution >= 0.6 is 0 Å². The van der Waals surface area contributed by atoms with E-state index in [0.29, 0.717) is 22.3 Å². The lowest BCUT2D eigenvalue weighted by Crippen LogP contribution is -2.17. The summed E-state index contributed by atoms with van der Waals surface area (Å²) in [6, 6.07) is 61.2. The summed E-state index contributed by atoms with van der Waals surface area (Å²) in [6.07, 6.45) is 0. The highest BCUT2D eigenvalue weighted by molar-refractivity contribution is 6.21. The van der Waals surface area contributed by atoms with E-state index in [2.05, 4.69) is 113 Å². The molecule has 0 radical (unpaired) electrons. The first-order valence-electron chi connectivity index (χ1n) is 22.7. The molecule has 2 aliphatic carbocycles. The van der Waals surface area contributed by atoms with E-state index in [1.807, 2.05) is 97.1 Å².